The number of nitrogens with zero attached hydrogens (tertiary/aromatic N) is 5. The molecule has 56 heavy (non-hydrogen) atoms. The summed E-state index contributed by atoms with van der Waals surface area (Å²) in [6.07, 6.45) is 10.0. The highest BCUT2D eigenvalue weighted by molar-refractivity contribution is 6.35. The summed E-state index contributed by atoms with van der Waals surface area (Å²) in [7, 11) is 0. The number of amides is 4. The van der Waals surface area contributed by atoms with Gasteiger partial charge in [-0.05, 0) is 117 Å². The number of benzene rings is 3. The van der Waals surface area contributed by atoms with Gasteiger partial charge in [0.25, 0.3) is 17.4 Å². The molecule has 1 N–H and O–H groups in total. The van der Waals surface area contributed by atoms with Gasteiger partial charge in [-0.15, -0.1) is 0 Å². The van der Waals surface area contributed by atoms with Crippen molar-refractivity contribution in [2.24, 2.45) is 5.92 Å². The number of likely N-dealkylation sites (tertiary alicyclic amines) is 1. The molecule has 1 unspecified atom stereocenters. The van der Waals surface area contributed by atoms with Crippen LogP contribution in [0.2, 0.25) is 5.02 Å². The Bertz CT molecular complexity index is 2390. The van der Waals surface area contributed by atoms with E-state index in [1.54, 1.807) is 18.2 Å². The second-order valence-electron chi connectivity index (χ2n) is 16.8. The molecule has 0 bridgehead atoms. The van der Waals surface area contributed by atoms with Crippen LogP contribution >= 0.6 is 11.6 Å². The number of fused-ring (bicyclic) bond motifs is 8. The molecule has 4 amide bonds. The lowest BCUT2D eigenvalue weighted by molar-refractivity contribution is -0.136. The maximum Gasteiger partial charge on any atom is 0.282 e. The van der Waals surface area contributed by atoms with E-state index in [9.17, 15) is 24.0 Å². The van der Waals surface area contributed by atoms with Gasteiger partial charge in [0.15, 0.2) is 0 Å². The van der Waals surface area contributed by atoms with E-state index < -0.39 is 23.8 Å². The summed E-state index contributed by atoms with van der Waals surface area (Å²) in [6, 6.07) is 17.3. The van der Waals surface area contributed by atoms with Crippen molar-refractivity contribution in [3.63, 3.8) is 0 Å². The second-order valence-corrected chi connectivity index (χ2v) is 17.2. The molecule has 10 rings (SSSR count). The zero-order valence-electron chi connectivity index (χ0n) is 31.4. The highest BCUT2D eigenvalue weighted by Gasteiger charge is 2.47. The van der Waals surface area contributed by atoms with Gasteiger partial charge in [-0.25, -0.2) is 0 Å². The number of anilines is 1. The van der Waals surface area contributed by atoms with Crippen LogP contribution < -0.4 is 15.8 Å². The zero-order chi connectivity index (χ0) is 38.3. The molecule has 12 heteroatoms. The Morgan fingerprint density at radius 1 is 0.804 bits per heavy atom. The van der Waals surface area contributed by atoms with Gasteiger partial charge in [0.2, 0.25) is 11.8 Å². The number of carbonyl (C=O) groups excluding carboxylic acids is 4. The number of nitrogens with one attached hydrogen (secondary N) is 1. The van der Waals surface area contributed by atoms with E-state index in [2.05, 4.69) is 37.9 Å². The molecule has 4 aromatic rings. The van der Waals surface area contributed by atoms with Crippen molar-refractivity contribution in [3.8, 4) is 5.69 Å². The van der Waals surface area contributed by atoms with Crippen LogP contribution in [-0.2, 0) is 15.0 Å². The van der Waals surface area contributed by atoms with Crippen molar-refractivity contribution < 1.29 is 19.2 Å². The molecule has 6 heterocycles. The predicted molar refractivity (Wildman–Crippen MR) is 213 cm³/mol. The molecular formula is C44H45ClN6O5. The fourth-order valence-corrected chi connectivity index (χ4v) is 11.0. The number of hydrogen-bond donors (Lipinski definition) is 1. The standard InChI is InChI=1S/C44H45ClN6O5/c45-33-5-4-6-34-38(33)40(54)47-43-44(17-2-1-3-18-44)32-10-7-28(23-36(32)50(34)43)27-15-19-48(20-16-27)25-26-13-21-49(22-14-26)29-8-9-30-31(24-29)42(56)51(41(30)55)35-11-12-37(52)46-39(35)53/h4-10,23-24,26-27,35H,1-3,11-22,25H2,(H,46,52,53). The Morgan fingerprint density at radius 3 is 2.34 bits per heavy atom. The van der Waals surface area contributed by atoms with Gasteiger partial charge >= 0.3 is 0 Å². The molecule has 1 atom stereocenters. The lowest BCUT2D eigenvalue weighted by Gasteiger charge is -2.38. The monoisotopic (exact) mass is 772 g/mol. The lowest BCUT2D eigenvalue weighted by atomic mass is 9.69. The molecule has 6 aliphatic rings. The van der Waals surface area contributed by atoms with Gasteiger partial charge in [0, 0.05) is 31.7 Å². The quantitative estimate of drug-likeness (QED) is 0.242. The largest absolute Gasteiger partial charge is 0.371 e. The smallest absolute Gasteiger partial charge is 0.282 e. The fourth-order valence-electron chi connectivity index (χ4n) is 10.8. The summed E-state index contributed by atoms with van der Waals surface area (Å²) in [5, 5.41) is 3.21. The highest BCUT2D eigenvalue weighted by Crippen LogP contribution is 2.52. The summed E-state index contributed by atoms with van der Waals surface area (Å²) in [6.45, 7) is 4.93. The summed E-state index contributed by atoms with van der Waals surface area (Å²) in [5.41, 5.74) is 5.78. The number of aromatic nitrogens is 2. The number of rotatable bonds is 5. The summed E-state index contributed by atoms with van der Waals surface area (Å²) in [4.78, 5) is 74.8. The van der Waals surface area contributed by atoms with Crippen molar-refractivity contribution in [2.75, 3.05) is 37.6 Å². The molecule has 3 aromatic carbocycles. The number of piperidine rings is 3. The van der Waals surface area contributed by atoms with Crippen LogP contribution in [0.4, 0.5) is 5.69 Å². The predicted octanol–water partition coefficient (Wildman–Crippen LogP) is 6.10. The van der Waals surface area contributed by atoms with E-state index in [1.807, 2.05) is 18.2 Å². The van der Waals surface area contributed by atoms with E-state index >= 15 is 0 Å². The Morgan fingerprint density at radius 2 is 1.57 bits per heavy atom. The lowest BCUT2D eigenvalue weighted by Crippen LogP contribution is -2.54. The van der Waals surface area contributed by atoms with Crippen molar-refractivity contribution in [1.29, 1.82) is 0 Å². The number of imide groups is 2. The molecule has 1 aromatic heterocycles. The molecule has 3 saturated heterocycles. The van der Waals surface area contributed by atoms with E-state index in [0.717, 1.165) is 106 Å². The molecule has 288 valence electrons. The molecule has 11 nitrogen and oxygen atoms in total. The van der Waals surface area contributed by atoms with Crippen molar-refractivity contribution in [3.05, 3.63) is 98.1 Å². The Labute approximate surface area is 330 Å². The number of carbonyl (C=O) groups is 4. The van der Waals surface area contributed by atoms with Crippen LogP contribution in [0.25, 0.3) is 16.6 Å². The van der Waals surface area contributed by atoms with Gasteiger partial charge in [-0.2, -0.15) is 4.98 Å². The Balaban J connectivity index is 0.790. The van der Waals surface area contributed by atoms with Gasteiger partial charge in [0.1, 0.15) is 11.9 Å². The van der Waals surface area contributed by atoms with Gasteiger partial charge in [0.05, 0.1) is 38.2 Å². The molecule has 0 radical (unpaired) electrons. The van der Waals surface area contributed by atoms with Crippen LogP contribution in [0.1, 0.15) is 114 Å². The highest BCUT2D eigenvalue weighted by atomic mass is 35.5. The molecule has 1 aliphatic carbocycles. The SMILES string of the molecule is O=C1CCC(N2C(=O)c3ccc(N4CCC(CN5CCC(c6ccc7c(c6)-n6c(nc(=O)c8c(Cl)cccc86)C76CCCCC6)CC5)CC4)cc3C2=O)C(=O)N1. The first-order chi connectivity index (χ1) is 27.2. The maximum atomic E-state index is 13.4. The average molecular weight is 773 g/mol. The van der Waals surface area contributed by atoms with Crippen molar-refractivity contribution >= 4 is 51.8 Å². The van der Waals surface area contributed by atoms with Gasteiger partial charge in [-0.3, -0.25) is 38.8 Å². The normalized spacial score (nSPS) is 22.8. The summed E-state index contributed by atoms with van der Waals surface area (Å²) >= 11 is 6.60. The van der Waals surface area contributed by atoms with Gasteiger partial charge in [-0.1, -0.05) is 49.1 Å². The maximum absolute atomic E-state index is 13.4. The van der Waals surface area contributed by atoms with Crippen LogP contribution in [0.3, 0.4) is 0 Å². The van der Waals surface area contributed by atoms with E-state index in [1.165, 1.54) is 23.2 Å². The number of hydrogen-bond acceptors (Lipinski definition) is 8. The molecule has 1 saturated carbocycles. The average Bonchev–Trinajstić information content (AvgIpc) is 3.61. The fraction of sp³-hybridized carbons (Fsp3) is 0.455. The van der Waals surface area contributed by atoms with E-state index in [-0.39, 0.29) is 29.7 Å². The molecule has 1 spiro atoms. The van der Waals surface area contributed by atoms with Gasteiger partial charge < -0.3 is 9.80 Å². The Kier molecular flexibility index (Phi) is 8.67. The zero-order valence-corrected chi connectivity index (χ0v) is 32.2. The minimum atomic E-state index is -0.962. The van der Waals surface area contributed by atoms with Crippen LogP contribution in [-0.4, -0.2) is 81.7 Å². The van der Waals surface area contributed by atoms with Crippen LogP contribution in [0, 0.1) is 5.92 Å². The second kappa shape index (κ2) is 13.7. The minimum absolute atomic E-state index is 0.101. The molecule has 5 aliphatic heterocycles. The third kappa shape index (κ3) is 5.63. The van der Waals surface area contributed by atoms with E-state index in [0.29, 0.717) is 33.4 Å². The first kappa shape index (κ1) is 35.5. The Hall–Kier alpha value is -4.87. The number of halogens is 1. The summed E-state index contributed by atoms with van der Waals surface area (Å²) in [5.74, 6) is 0.0181. The van der Waals surface area contributed by atoms with E-state index in [4.69, 9.17) is 16.6 Å². The minimum Gasteiger partial charge on any atom is -0.371 e. The van der Waals surface area contributed by atoms with Crippen LogP contribution in [0.5, 0.6) is 0 Å². The van der Waals surface area contributed by atoms with Crippen molar-refractivity contribution in [1.82, 2.24) is 24.7 Å². The summed E-state index contributed by atoms with van der Waals surface area (Å²) < 4.78 is 2.25. The topological polar surface area (TPSA) is 125 Å². The third-order valence-corrected chi connectivity index (χ3v) is 14.1. The van der Waals surface area contributed by atoms with Crippen LogP contribution in [0.15, 0.2) is 59.4 Å². The van der Waals surface area contributed by atoms with Crippen molar-refractivity contribution in [2.45, 2.75) is 88.0 Å². The third-order valence-electron chi connectivity index (χ3n) is 13.8. The molecule has 4 fully saturated rings. The first-order valence-electron chi connectivity index (χ1n) is 20.4. The first-order valence-corrected chi connectivity index (χ1v) is 20.8. The molecular weight excluding hydrogens is 728 g/mol.